The van der Waals surface area contributed by atoms with Crippen LogP contribution in [0.2, 0.25) is 0 Å². The lowest BCUT2D eigenvalue weighted by Gasteiger charge is -2.24. The molecule has 4 nitrogen and oxygen atoms in total. The molecule has 2 atom stereocenters. The van der Waals surface area contributed by atoms with Crippen LogP contribution in [0.25, 0.3) is 0 Å². The molecule has 0 saturated carbocycles. The van der Waals surface area contributed by atoms with Crippen molar-refractivity contribution >= 4 is 29.3 Å². The lowest BCUT2D eigenvalue weighted by Crippen LogP contribution is -2.36. The number of rotatable bonds is 6. The van der Waals surface area contributed by atoms with Crippen molar-refractivity contribution in [1.29, 1.82) is 0 Å². The minimum Gasteiger partial charge on any atom is -0.355 e. The van der Waals surface area contributed by atoms with Crippen molar-refractivity contribution in [3.8, 4) is 0 Å². The van der Waals surface area contributed by atoms with Gasteiger partial charge < -0.3 is 10.6 Å². The van der Waals surface area contributed by atoms with E-state index in [4.69, 9.17) is 0 Å². The molecular weight excluding hydrogens is 332 g/mol. The Kier molecular flexibility index (Phi) is 5.76. The number of carbonyl (C=O) groups is 2. The van der Waals surface area contributed by atoms with Crippen LogP contribution in [0.5, 0.6) is 0 Å². The minimum absolute atomic E-state index is 0.0820. The summed E-state index contributed by atoms with van der Waals surface area (Å²) in [7, 11) is 0. The molecule has 130 valence electrons. The van der Waals surface area contributed by atoms with Crippen molar-refractivity contribution in [2.75, 3.05) is 11.9 Å². The zero-order valence-corrected chi connectivity index (χ0v) is 15.0. The highest BCUT2D eigenvalue weighted by atomic mass is 32.2. The highest BCUT2D eigenvalue weighted by Gasteiger charge is 2.28. The largest absolute Gasteiger partial charge is 0.355 e. The molecular formula is C20H22N2O2S. The van der Waals surface area contributed by atoms with Crippen LogP contribution in [0, 0.1) is 0 Å². The molecule has 0 fully saturated rings. The van der Waals surface area contributed by atoms with Gasteiger partial charge in [0.05, 0.1) is 10.9 Å². The summed E-state index contributed by atoms with van der Waals surface area (Å²) in [5.41, 5.74) is 2.05. The summed E-state index contributed by atoms with van der Waals surface area (Å²) in [6.45, 7) is 2.71. The first kappa shape index (κ1) is 17.5. The van der Waals surface area contributed by atoms with Crippen molar-refractivity contribution < 1.29 is 9.59 Å². The van der Waals surface area contributed by atoms with Crippen LogP contribution in [-0.4, -0.2) is 23.6 Å². The topological polar surface area (TPSA) is 58.2 Å². The number of anilines is 1. The van der Waals surface area contributed by atoms with E-state index in [9.17, 15) is 9.59 Å². The summed E-state index contributed by atoms with van der Waals surface area (Å²) in [6.07, 6.45) is 1.15. The van der Waals surface area contributed by atoms with Crippen molar-refractivity contribution in [3.05, 3.63) is 60.2 Å². The molecule has 25 heavy (non-hydrogen) atoms. The standard InChI is InChI=1S/C20H22N2O2S/c1-2-14(15-8-4-3-5-9-15)13-21-19(23)12-18-20(24)22-16-10-6-7-11-17(16)25-18/h3-11,14,18H,2,12-13H2,1H3,(H,21,23)(H,22,24)/t14-,18+/m1/s1. The van der Waals surface area contributed by atoms with Gasteiger partial charge in [-0.3, -0.25) is 9.59 Å². The second-order valence-electron chi connectivity index (χ2n) is 6.12. The maximum Gasteiger partial charge on any atom is 0.238 e. The third-order valence-electron chi connectivity index (χ3n) is 4.39. The van der Waals surface area contributed by atoms with Gasteiger partial charge in [0.25, 0.3) is 0 Å². The Morgan fingerprint density at radius 1 is 1.16 bits per heavy atom. The molecule has 2 N–H and O–H groups in total. The van der Waals surface area contributed by atoms with Gasteiger partial charge in [0.2, 0.25) is 11.8 Å². The molecule has 2 aromatic carbocycles. The molecule has 0 spiro atoms. The van der Waals surface area contributed by atoms with E-state index < -0.39 is 0 Å². The first-order chi connectivity index (χ1) is 12.2. The summed E-state index contributed by atoms with van der Waals surface area (Å²) < 4.78 is 0. The number of hydrogen-bond donors (Lipinski definition) is 2. The molecule has 1 aliphatic rings. The Labute approximate surface area is 152 Å². The monoisotopic (exact) mass is 354 g/mol. The van der Waals surface area contributed by atoms with E-state index in [1.165, 1.54) is 17.3 Å². The van der Waals surface area contributed by atoms with Gasteiger partial charge in [0.1, 0.15) is 0 Å². The quantitative estimate of drug-likeness (QED) is 0.829. The fraction of sp³-hybridized carbons (Fsp3) is 0.300. The Morgan fingerprint density at radius 2 is 1.88 bits per heavy atom. The smallest absolute Gasteiger partial charge is 0.238 e. The average molecular weight is 354 g/mol. The van der Waals surface area contributed by atoms with Gasteiger partial charge >= 0.3 is 0 Å². The highest BCUT2D eigenvalue weighted by Crippen LogP contribution is 2.36. The number of thioether (sulfide) groups is 1. The van der Waals surface area contributed by atoms with E-state index in [1.54, 1.807) is 0 Å². The second kappa shape index (κ2) is 8.21. The van der Waals surface area contributed by atoms with Crippen molar-refractivity contribution in [1.82, 2.24) is 5.32 Å². The van der Waals surface area contributed by atoms with Crippen LogP contribution in [0.15, 0.2) is 59.5 Å². The molecule has 2 aromatic rings. The molecule has 3 rings (SSSR count). The molecule has 5 heteroatoms. The second-order valence-corrected chi connectivity index (χ2v) is 7.36. The van der Waals surface area contributed by atoms with E-state index in [0.717, 1.165) is 17.0 Å². The Morgan fingerprint density at radius 3 is 2.64 bits per heavy atom. The maximum atomic E-state index is 12.3. The predicted octanol–water partition coefficient (Wildman–Crippen LogP) is 3.80. The molecule has 0 aliphatic carbocycles. The first-order valence-electron chi connectivity index (χ1n) is 8.55. The van der Waals surface area contributed by atoms with Crippen molar-refractivity contribution in [2.24, 2.45) is 0 Å². The van der Waals surface area contributed by atoms with Gasteiger partial charge in [0.15, 0.2) is 0 Å². The Balaban J connectivity index is 1.55. The summed E-state index contributed by atoms with van der Waals surface area (Å²) in [6, 6.07) is 17.9. The molecule has 2 amide bonds. The fourth-order valence-corrected chi connectivity index (χ4v) is 4.04. The SMILES string of the molecule is CC[C@H](CNC(=O)C[C@@H]1Sc2ccccc2NC1=O)c1ccccc1. The first-order valence-corrected chi connectivity index (χ1v) is 9.43. The zero-order chi connectivity index (χ0) is 17.6. The van der Waals surface area contributed by atoms with Gasteiger partial charge in [-0.15, -0.1) is 11.8 Å². The number of carbonyl (C=O) groups excluding carboxylic acids is 2. The van der Waals surface area contributed by atoms with Crippen LogP contribution in [0.1, 0.15) is 31.2 Å². The van der Waals surface area contributed by atoms with Crippen LogP contribution in [-0.2, 0) is 9.59 Å². The third kappa shape index (κ3) is 4.42. The summed E-state index contributed by atoms with van der Waals surface area (Å²) >= 11 is 1.46. The van der Waals surface area contributed by atoms with Gasteiger partial charge in [-0.25, -0.2) is 0 Å². The van der Waals surface area contributed by atoms with E-state index in [0.29, 0.717) is 12.5 Å². The number of benzene rings is 2. The van der Waals surface area contributed by atoms with Gasteiger partial charge in [-0.05, 0) is 24.1 Å². The highest BCUT2D eigenvalue weighted by molar-refractivity contribution is 8.01. The van der Waals surface area contributed by atoms with Gasteiger partial charge in [-0.1, -0.05) is 49.4 Å². The van der Waals surface area contributed by atoms with E-state index in [2.05, 4.69) is 29.7 Å². The van der Waals surface area contributed by atoms with Crippen LogP contribution >= 0.6 is 11.8 Å². The number of nitrogens with one attached hydrogen (secondary N) is 2. The Hall–Kier alpha value is -2.27. The third-order valence-corrected chi connectivity index (χ3v) is 5.66. The number of hydrogen-bond acceptors (Lipinski definition) is 3. The summed E-state index contributed by atoms with van der Waals surface area (Å²) in [4.78, 5) is 25.5. The van der Waals surface area contributed by atoms with E-state index >= 15 is 0 Å². The average Bonchev–Trinajstić information content (AvgIpc) is 2.64. The summed E-state index contributed by atoms with van der Waals surface area (Å²) in [5, 5.41) is 5.49. The Bertz CT molecular complexity index is 748. The zero-order valence-electron chi connectivity index (χ0n) is 14.2. The summed E-state index contributed by atoms with van der Waals surface area (Å²) in [5.74, 6) is 0.106. The van der Waals surface area contributed by atoms with E-state index in [1.807, 2.05) is 42.5 Å². The van der Waals surface area contributed by atoms with Crippen molar-refractivity contribution in [3.63, 3.8) is 0 Å². The molecule has 1 aliphatic heterocycles. The van der Waals surface area contributed by atoms with Gasteiger partial charge in [-0.2, -0.15) is 0 Å². The molecule has 1 heterocycles. The molecule has 0 radical (unpaired) electrons. The normalized spacial score (nSPS) is 17.3. The van der Waals surface area contributed by atoms with Crippen LogP contribution in [0.3, 0.4) is 0 Å². The van der Waals surface area contributed by atoms with Crippen LogP contribution in [0.4, 0.5) is 5.69 Å². The lowest BCUT2D eigenvalue weighted by molar-refractivity contribution is -0.124. The van der Waals surface area contributed by atoms with Crippen LogP contribution < -0.4 is 10.6 Å². The minimum atomic E-state index is -0.383. The number of amides is 2. The number of fused-ring (bicyclic) bond motifs is 1. The van der Waals surface area contributed by atoms with Crippen molar-refractivity contribution in [2.45, 2.75) is 35.8 Å². The fourth-order valence-electron chi connectivity index (χ4n) is 2.93. The lowest BCUT2D eigenvalue weighted by atomic mass is 9.96. The molecule has 0 saturated heterocycles. The molecule has 0 aromatic heterocycles. The maximum absolute atomic E-state index is 12.3. The molecule has 0 unspecified atom stereocenters. The molecule has 0 bridgehead atoms. The van der Waals surface area contributed by atoms with Gasteiger partial charge in [0, 0.05) is 23.8 Å². The van der Waals surface area contributed by atoms with E-state index in [-0.39, 0.29) is 23.5 Å². The predicted molar refractivity (Wildman–Crippen MR) is 102 cm³/mol. The number of para-hydroxylation sites is 1.